The van der Waals surface area contributed by atoms with Gasteiger partial charge in [-0.25, -0.2) is 4.79 Å². The van der Waals surface area contributed by atoms with Crippen LogP contribution < -0.4 is 11.1 Å². The number of rotatable bonds is 8. The van der Waals surface area contributed by atoms with Crippen LogP contribution in [0, 0.1) is 0 Å². The third-order valence-electron chi connectivity index (χ3n) is 2.29. The summed E-state index contributed by atoms with van der Waals surface area (Å²) >= 11 is 0. The Labute approximate surface area is 96.7 Å². The predicted octanol–water partition coefficient (Wildman–Crippen LogP) is 0.573. The summed E-state index contributed by atoms with van der Waals surface area (Å²) < 4.78 is 4.50. The maximum Gasteiger partial charge on any atom is 0.328 e. The first-order chi connectivity index (χ1) is 7.61. The minimum atomic E-state index is -0.568. The summed E-state index contributed by atoms with van der Waals surface area (Å²) in [6.07, 6.45) is 4.33. The van der Waals surface area contributed by atoms with E-state index in [1.165, 1.54) is 7.11 Å². The molecule has 1 amide bonds. The first-order valence-corrected chi connectivity index (χ1v) is 5.69. The summed E-state index contributed by atoms with van der Waals surface area (Å²) in [5.41, 5.74) is 5.35. The molecule has 0 spiro atoms. The van der Waals surface area contributed by atoms with Crippen molar-refractivity contribution < 1.29 is 14.3 Å². The van der Waals surface area contributed by atoms with Crippen molar-refractivity contribution in [3.05, 3.63) is 0 Å². The first-order valence-electron chi connectivity index (χ1n) is 5.69. The number of carbonyl (C=O) groups excluding carboxylic acids is 2. The molecule has 0 fully saturated rings. The van der Waals surface area contributed by atoms with Crippen molar-refractivity contribution in [1.82, 2.24) is 5.32 Å². The average molecular weight is 230 g/mol. The van der Waals surface area contributed by atoms with Crippen molar-refractivity contribution in [3.8, 4) is 0 Å². The number of hydrogen-bond donors (Lipinski definition) is 2. The van der Waals surface area contributed by atoms with Gasteiger partial charge in [0.25, 0.3) is 0 Å². The standard InChI is InChI=1S/C11H22N2O3/c1-9(11(15)16-2)13-10(14)7-5-3-4-6-8-12/h9H,3-8,12H2,1-2H3,(H,13,14)/t9-/m0/s1. The molecule has 0 aliphatic carbocycles. The molecule has 0 aromatic heterocycles. The molecule has 1 atom stereocenters. The topological polar surface area (TPSA) is 81.4 Å². The fourth-order valence-corrected chi connectivity index (χ4v) is 1.33. The third-order valence-corrected chi connectivity index (χ3v) is 2.29. The summed E-state index contributed by atoms with van der Waals surface area (Å²) in [6.45, 7) is 2.31. The van der Waals surface area contributed by atoms with Crippen LogP contribution >= 0.6 is 0 Å². The summed E-state index contributed by atoms with van der Waals surface area (Å²) in [5.74, 6) is -0.526. The van der Waals surface area contributed by atoms with Gasteiger partial charge in [-0.05, 0) is 26.3 Å². The van der Waals surface area contributed by atoms with Gasteiger partial charge in [0.1, 0.15) is 6.04 Å². The lowest BCUT2D eigenvalue weighted by Gasteiger charge is -2.11. The third kappa shape index (κ3) is 7.23. The molecule has 0 rings (SSSR count). The van der Waals surface area contributed by atoms with Crippen LogP contribution in [-0.2, 0) is 14.3 Å². The fraction of sp³-hybridized carbons (Fsp3) is 0.818. The fourth-order valence-electron chi connectivity index (χ4n) is 1.33. The lowest BCUT2D eigenvalue weighted by Crippen LogP contribution is -2.38. The highest BCUT2D eigenvalue weighted by Gasteiger charge is 2.14. The van der Waals surface area contributed by atoms with E-state index < -0.39 is 12.0 Å². The molecule has 0 aromatic carbocycles. The minimum absolute atomic E-state index is 0.106. The Balaban J connectivity index is 3.54. The SMILES string of the molecule is COC(=O)[C@H](C)NC(=O)CCCCCCN. The molecule has 0 aliphatic heterocycles. The molecule has 0 aromatic rings. The first kappa shape index (κ1) is 14.9. The van der Waals surface area contributed by atoms with E-state index in [1.54, 1.807) is 6.92 Å². The summed E-state index contributed by atoms with van der Waals surface area (Å²) in [5, 5.41) is 2.58. The van der Waals surface area contributed by atoms with Gasteiger partial charge in [-0.1, -0.05) is 12.8 Å². The van der Waals surface area contributed by atoms with Gasteiger partial charge in [-0.3, -0.25) is 4.79 Å². The smallest absolute Gasteiger partial charge is 0.328 e. The predicted molar refractivity (Wildman–Crippen MR) is 61.8 cm³/mol. The molecule has 0 aliphatic rings. The highest BCUT2D eigenvalue weighted by atomic mass is 16.5. The van der Waals surface area contributed by atoms with Gasteiger partial charge in [0.15, 0.2) is 0 Å². The number of amides is 1. The van der Waals surface area contributed by atoms with Crippen LogP contribution in [0.25, 0.3) is 0 Å². The Morgan fingerprint density at radius 2 is 1.88 bits per heavy atom. The summed E-state index contributed by atoms with van der Waals surface area (Å²) in [6, 6.07) is -0.568. The molecule has 0 bridgehead atoms. The molecular weight excluding hydrogens is 208 g/mol. The van der Waals surface area contributed by atoms with E-state index >= 15 is 0 Å². The van der Waals surface area contributed by atoms with Crippen molar-refractivity contribution in [2.45, 2.75) is 45.1 Å². The number of ether oxygens (including phenoxy) is 1. The van der Waals surface area contributed by atoms with E-state index in [2.05, 4.69) is 10.1 Å². The highest BCUT2D eigenvalue weighted by Crippen LogP contribution is 2.02. The summed E-state index contributed by atoms with van der Waals surface area (Å²) in [7, 11) is 1.30. The molecule has 94 valence electrons. The normalized spacial score (nSPS) is 11.9. The van der Waals surface area contributed by atoms with E-state index in [4.69, 9.17) is 5.73 Å². The molecule has 5 nitrogen and oxygen atoms in total. The lowest BCUT2D eigenvalue weighted by atomic mass is 10.1. The minimum Gasteiger partial charge on any atom is -0.467 e. The maximum absolute atomic E-state index is 11.4. The Kier molecular flexibility index (Phi) is 8.52. The Morgan fingerprint density at radius 3 is 2.44 bits per heavy atom. The molecule has 16 heavy (non-hydrogen) atoms. The Bertz CT molecular complexity index is 219. The molecule has 3 N–H and O–H groups in total. The van der Waals surface area contributed by atoms with E-state index in [0.29, 0.717) is 13.0 Å². The van der Waals surface area contributed by atoms with Gasteiger partial charge in [0.05, 0.1) is 7.11 Å². The molecule has 0 heterocycles. The zero-order valence-corrected chi connectivity index (χ0v) is 10.1. The van der Waals surface area contributed by atoms with Crippen LogP contribution in [0.1, 0.15) is 39.0 Å². The number of hydrogen-bond acceptors (Lipinski definition) is 4. The van der Waals surface area contributed by atoms with Crippen LogP contribution in [-0.4, -0.2) is 31.6 Å². The molecule has 0 saturated carbocycles. The van der Waals surface area contributed by atoms with Gasteiger partial charge >= 0.3 is 5.97 Å². The Morgan fingerprint density at radius 1 is 1.25 bits per heavy atom. The van der Waals surface area contributed by atoms with Crippen molar-refractivity contribution >= 4 is 11.9 Å². The second-order valence-corrected chi connectivity index (χ2v) is 3.77. The monoisotopic (exact) mass is 230 g/mol. The number of unbranched alkanes of at least 4 members (excludes halogenated alkanes) is 3. The highest BCUT2D eigenvalue weighted by molar-refractivity contribution is 5.83. The van der Waals surface area contributed by atoms with Gasteiger partial charge < -0.3 is 15.8 Å². The lowest BCUT2D eigenvalue weighted by molar-refractivity contribution is -0.144. The van der Waals surface area contributed by atoms with Crippen molar-refractivity contribution in [2.24, 2.45) is 5.73 Å². The Hall–Kier alpha value is -1.10. The number of carbonyl (C=O) groups is 2. The number of nitrogens with one attached hydrogen (secondary N) is 1. The second-order valence-electron chi connectivity index (χ2n) is 3.77. The van der Waals surface area contributed by atoms with E-state index in [1.807, 2.05) is 0 Å². The summed E-state index contributed by atoms with van der Waals surface area (Å²) in [4.78, 5) is 22.4. The maximum atomic E-state index is 11.4. The van der Waals surface area contributed by atoms with Crippen molar-refractivity contribution in [1.29, 1.82) is 0 Å². The molecule has 0 unspecified atom stereocenters. The van der Waals surface area contributed by atoms with Crippen LogP contribution in [0.2, 0.25) is 0 Å². The number of esters is 1. The molecular formula is C11H22N2O3. The number of methoxy groups -OCH3 is 1. The quantitative estimate of drug-likeness (QED) is 0.472. The second kappa shape index (κ2) is 9.15. The van der Waals surface area contributed by atoms with Gasteiger partial charge in [-0.15, -0.1) is 0 Å². The average Bonchev–Trinajstić information content (AvgIpc) is 2.27. The van der Waals surface area contributed by atoms with E-state index in [9.17, 15) is 9.59 Å². The van der Waals surface area contributed by atoms with Crippen molar-refractivity contribution in [2.75, 3.05) is 13.7 Å². The van der Waals surface area contributed by atoms with Crippen molar-refractivity contribution in [3.63, 3.8) is 0 Å². The van der Waals surface area contributed by atoms with Crippen LogP contribution in [0.5, 0.6) is 0 Å². The van der Waals surface area contributed by atoms with Gasteiger partial charge in [-0.2, -0.15) is 0 Å². The largest absolute Gasteiger partial charge is 0.467 e. The molecule has 5 heteroatoms. The van der Waals surface area contributed by atoms with E-state index in [0.717, 1.165) is 25.7 Å². The molecule has 0 saturated heterocycles. The van der Waals surface area contributed by atoms with Gasteiger partial charge in [0, 0.05) is 6.42 Å². The number of nitrogens with two attached hydrogens (primary N) is 1. The zero-order chi connectivity index (χ0) is 12.4. The van der Waals surface area contributed by atoms with Crippen LogP contribution in [0.15, 0.2) is 0 Å². The van der Waals surface area contributed by atoms with Crippen LogP contribution in [0.4, 0.5) is 0 Å². The zero-order valence-electron chi connectivity index (χ0n) is 10.1. The van der Waals surface area contributed by atoms with Gasteiger partial charge in [0.2, 0.25) is 5.91 Å². The van der Waals surface area contributed by atoms with Crippen LogP contribution in [0.3, 0.4) is 0 Å². The van der Waals surface area contributed by atoms with E-state index in [-0.39, 0.29) is 5.91 Å². The molecule has 0 radical (unpaired) electrons.